The number of carboxylic acid groups (broad SMARTS) is 2. The first-order valence-electron chi connectivity index (χ1n) is 4.98. The Hall–Kier alpha value is -1.06. The predicted molar refractivity (Wildman–Crippen MR) is 52.1 cm³/mol. The number of unbranched alkanes of at least 4 members (excludes halogenated alkanes) is 3. The van der Waals surface area contributed by atoms with E-state index >= 15 is 0 Å². The highest BCUT2D eigenvalue weighted by Crippen LogP contribution is 2.11. The molecule has 4 heteroatoms. The van der Waals surface area contributed by atoms with Crippen LogP contribution in [0.5, 0.6) is 0 Å². The van der Waals surface area contributed by atoms with Crippen LogP contribution in [0.25, 0.3) is 0 Å². The van der Waals surface area contributed by atoms with Gasteiger partial charge in [0.2, 0.25) is 0 Å². The van der Waals surface area contributed by atoms with E-state index in [1.807, 2.05) is 0 Å². The normalized spacial score (nSPS) is 12.4. The molecule has 82 valence electrons. The minimum absolute atomic E-state index is 0.217. The molecule has 1 unspecified atom stereocenters. The van der Waals surface area contributed by atoms with Gasteiger partial charge < -0.3 is 10.2 Å². The summed E-state index contributed by atoms with van der Waals surface area (Å²) in [5.74, 6) is -1.80. The lowest BCUT2D eigenvalue weighted by Gasteiger charge is -2.04. The van der Waals surface area contributed by atoms with Crippen molar-refractivity contribution in [2.75, 3.05) is 0 Å². The van der Waals surface area contributed by atoms with Gasteiger partial charge in [0.05, 0.1) is 5.92 Å². The molecule has 0 saturated heterocycles. The van der Waals surface area contributed by atoms with Gasteiger partial charge in [0.15, 0.2) is 0 Å². The van der Waals surface area contributed by atoms with Crippen molar-refractivity contribution in [3.05, 3.63) is 0 Å². The van der Waals surface area contributed by atoms with Crippen molar-refractivity contribution in [1.82, 2.24) is 0 Å². The second kappa shape index (κ2) is 7.35. The molecule has 0 aliphatic heterocycles. The average molecular weight is 202 g/mol. The number of carboxylic acids is 2. The fourth-order valence-corrected chi connectivity index (χ4v) is 1.20. The van der Waals surface area contributed by atoms with E-state index in [0.29, 0.717) is 12.8 Å². The van der Waals surface area contributed by atoms with Crippen LogP contribution in [-0.2, 0) is 9.59 Å². The minimum atomic E-state index is -0.760. The SMILES string of the molecule is CC(CCCCCCC(=O)O)C(=O)O. The van der Waals surface area contributed by atoms with Gasteiger partial charge in [-0.25, -0.2) is 0 Å². The van der Waals surface area contributed by atoms with E-state index < -0.39 is 11.9 Å². The van der Waals surface area contributed by atoms with Crippen LogP contribution < -0.4 is 0 Å². The van der Waals surface area contributed by atoms with Gasteiger partial charge >= 0.3 is 11.9 Å². The highest BCUT2D eigenvalue weighted by atomic mass is 16.4. The molecule has 0 bridgehead atoms. The molecule has 0 rings (SSSR count). The highest BCUT2D eigenvalue weighted by molar-refractivity contribution is 5.69. The quantitative estimate of drug-likeness (QED) is 0.591. The summed E-state index contributed by atoms with van der Waals surface area (Å²) < 4.78 is 0. The van der Waals surface area contributed by atoms with Crippen LogP contribution in [0, 0.1) is 5.92 Å². The van der Waals surface area contributed by atoms with Gasteiger partial charge in [-0.15, -0.1) is 0 Å². The minimum Gasteiger partial charge on any atom is -0.481 e. The maximum Gasteiger partial charge on any atom is 0.306 e. The Kier molecular flexibility index (Phi) is 6.80. The summed E-state index contributed by atoms with van der Waals surface area (Å²) in [5, 5.41) is 16.9. The van der Waals surface area contributed by atoms with E-state index in [9.17, 15) is 9.59 Å². The zero-order valence-electron chi connectivity index (χ0n) is 8.53. The summed E-state index contributed by atoms with van der Waals surface area (Å²) in [5.41, 5.74) is 0. The molecule has 1 atom stereocenters. The largest absolute Gasteiger partial charge is 0.481 e. The van der Waals surface area contributed by atoms with E-state index in [0.717, 1.165) is 19.3 Å². The third-order valence-electron chi connectivity index (χ3n) is 2.20. The molecule has 0 aromatic rings. The van der Waals surface area contributed by atoms with Gasteiger partial charge in [-0.1, -0.05) is 26.2 Å². The Labute approximate surface area is 83.9 Å². The number of hydrogen-bond donors (Lipinski definition) is 2. The second-order valence-electron chi connectivity index (χ2n) is 3.59. The summed E-state index contributed by atoms with van der Waals surface area (Å²) in [7, 11) is 0. The molecule has 0 spiro atoms. The lowest BCUT2D eigenvalue weighted by Crippen LogP contribution is -2.08. The standard InChI is InChI=1S/C10H18O4/c1-8(10(13)14)6-4-2-3-5-7-9(11)12/h8H,2-7H2,1H3,(H,11,12)(H,13,14). The van der Waals surface area contributed by atoms with E-state index in [1.165, 1.54) is 0 Å². The first-order valence-corrected chi connectivity index (χ1v) is 4.98. The molecule has 0 aromatic heterocycles. The number of rotatable bonds is 8. The van der Waals surface area contributed by atoms with Crippen LogP contribution in [0.3, 0.4) is 0 Å². The Morgan fingerprint density at radius 2 is 1.64 bits per heavy atom. The zero-order valence-corrected chi connectivity index (χ0v) is 8.53. The first-order chi connectivity index (χ1) is 6.54. The van der Waals surface area contributed by atoms with Crippen molar-refractivity contribution < 1.29 is 19.8 Å². The van der Waals surface area contributed by atoms with Crippen molar-refractivity contribution in [2.45, 2.75) is 45.4 Å². The van der Waals surface area contributed by atoms with E-state index in [4.69, 9.17) is 10.2 Å². The number of carbonyl (C=O) groups is 2. The first kappa shape index (κ1) is 12.9. The molecule has 14 heavy (non-hydrogen) atoms. The van der Waals surface area contributed by atoms with Crippen LogP contribution in [0.15, 0.2) is 0 Å². The molecule has 0 aromatic carbocycles. The van der Waals surface area contributed by atoms with Crippen LogP contribution in [0.2, 0.25) is 0 Å². The molecule has 0 fully saturated rings. The zero-order chi connectivity index (χ0) is 11.0. The maximum atomic E-state index is 10.4. The predicted octanol–water partition coefficient (Wildman–Crippen LogP) is 2.13. The molecule has 0 aliphatic carbocycles. The van der Waals surface area contributed by atoms with Crippen molar-refractivity contribution in [3.63, 3.8) is 0 Å². The van der Waals surface area contributed by atoms with Crippen LogP contribution in [0.4, 0.5) is 0 Å². The van der Waals surface area contributed by atoms with Gasteiger partial charge in [0.25, 0.3) is 0 Å². The van der Waals surface area contributed by atoms with Crippen LogP contribution >= 0.6 is 0 Å². The average Bonchev–Trinajstić information content (AvgIpc) is 2.09. The number of aliphatic carboxylic acids is 2. The van der Waals surface area contributed by atoms with E-state index in [-0.39, 0.29) is 12.3 Å². The smallest absolute Gasteiger partial charge is 0.306 e. The maximum absolute atomic E-state index is 10.4. The monoisotopic (exact) mass is 202 g/mol. The second-order valence-corrected chi connectivity index (χ2v) is 3.59. The Morgan fingerprint density at radius 1 is 1.07 bits per heavy atom. The van der Waals surface area contributed by atoms with Gasteiger partial charge in [-0.05, 0) is 12.8 Å². The van der Waals surface area contributed by atoms with Gasteiger partial charge in [0.1, 0.15) is 0 Å². The molecule has 0 radical (unpaired) electrons. The van der Waals surface area contributed by atoms with Crippen LogP contribution in [-0.4, -0.2) is 22.2 Å². The van der Waals surface area contributed by atoms with Crippen molar-refractivity contribution in [3.8, 4) is 0 Å². The van der Waals surface area contributed by atoms with Crippen molar-refractivity contribution in [2.24, 2.45) is 5.92 Å². The summed E-state index contributed by atoms with van der Waals surface area (Å²) in [6.45, 7) is 1.69. The lowest BCUT2D eigenvalue weighted by molar-refractivity contribution is -0.141. The highest BCUT2D eigenvalue weighted by Gasteiger charge is 2.09. The molecule has 0 aliphatic rings. The Balaban J connectivity index is 3.21. The van der Waals surface area contributed by atoms with Gasteiger partial charge in [-0.3, -0.25) is 9.59 Å². The third kappa shape index (κ3) is 7.58. The van der Waals surface area contributed by atoms with Crippen LogP contribution in [0.1, 0.15) is 45.4 Å². The molecule has 0 amide bonds. The lowest BCUT2D eigenvalue weighted by atomic mass is 10.0. The fourth-order valence-electron chi connectivity index (χ4n) is 1.20. The van der Waals surface area contributed by atoms with Gasteiger partial charge in [-0.2, -0.15) is 0 Å². The molecular weight excluding hydrogens is 184 g/mol. The van der Waals surface area contributed by atoms with Crippen molar-refractivity contribution >= 4 is 11.9 Å². The van der Waals surface area contributed by atoms with Gasteiger partial charge in [0, 0.05) is 6.42 Å². The summed E-state index contributed by atoms with van der Waals surface area (Å²) in [4.78, 5) is 20.6. The Morgan fingerprint density at radius 3 is 2.14 bits per heavy atom. The molecule has 2 N–H and O–H groups in total. The topological polar surface area (TPSA) is 74.6 Å². The molecule has 0 saturated carbocycles. The fraction of sp³-hybridized carbons (Fsp3) is 0.800. The summed E-state index contributed by atoms with van der Waals surface area (Å²) in [6, 6.07) is 0. The third-order valence-corrected chi connectivity index (χ3v) is 2.20. The summed E-state index contributed by atoms with van der Waals surface area (Å²) in [6.07, 6.45) is 4.25. The van der Waals surface area contributed by atoms with E-state index in [1.54, 1.807) is 6.92 Å². The summed E-state index contributed by atoms with van der Waals surface area (Å²) >= 11 is 0. The van der Waals surface area contributed by atoms with Crippen molar-refractivity contribution in [1.29, 1.82) is 0 Å². The molecule has 0 heterocycles. The number of hydrogen-bond acceptors (Lipinski definition) is 2. The Bertz CT molecular complexity index is 189. The molecule has 4 nitrogen and oxygen atoms in total. The molecular formula is C10H18O4. The van der Waals surface area contributed by atoms with E-state index in [2.05, 4.69) is 0 Å².